The third-order valence-corrected chi connectivity index (χ3v) is 4.11. The molecule has 2 aromatic carbocycles. The van der Waals surface area contributed by atoms with E-state index >= 15 is 0 Å². The summed E-state index contributed by atoms with van der Waals surface area (Å²) in [6.07, 6.45) is 0.816. The Morgan fingerprint density at radius 2 is 1.95 bits per heavy atom. The average molecular weight is 375 g/mol. The number of benzene rings is 2. The van der Waals surface area contributed by atoms with Crippen molar-refractivity contribution < 1.29 is 4.74 Å². The maximum absolute atomic E-state index is 6.11. The molecular weight excluding hydrogens is 361 g/mol. The van der Waals surface area contributed by atoms with Gasteiger partial charge in [-0.15, -0.1) is 0 Å². The van der Waals surface area contributed by atoms with Gasteiger partial charge in [0.05, 0.1) is 9.50 Å². The van der Waals surface area contributed by atoms with Gasteiger partial charge < -0.3 is 10.5 Å². The second-order valence-corrected chi connectivity index (χ2v) is 6.24. The fourth-order valence-corrected chi connectivity index (χ4v) is 2.64. The van der Waals surface area contributed by atoms with E-state index in [1.807, 2.05) is 25.1 Å². The van der Waals surface area contributed by atoms with Gasteiger partial charge in [0.1, 0.15) is 16.5 Å². The molecule has 1 unspecified atom stereocenters. The molecule has 1 atom stereocenters. The topological polar surface area (TPSA) is 35.2 Å². The van der Waals surface area contributed by atoms with Crippen molar-refractivity contribution in [3.8, 4) is 11.5 Å². The van der Waals surface area contributed by atoms with Gasteiger partial charge >= 0.3 is 0 Å². The van der Waals surface area contributed by atoms with Crippen molar-refractivity contribution in [3.63, 3.8) is 0 Å². The molecule has 106 valence electrons. The highest BCUT2D eigenvalue weighted by molar-refractivity contribution is 9.10. The molecule has 0 aliphatic heterocycles. The van der Waals surface area contributed by atoms with E-state index in [0.717, 1.165) is 16.5 Å². The van der Waals surface area contributed by atoms with Crippen LogP contribution in [0.5, 0.6) is 11.5 Å². The average Bonchev–Trinajstić information content (AvgIpc) is 2.37. The first kappa shape index (κ1) is 15.6. The molecule has 0 heterocycles. The summed E-state index contributed by atoms with van der Waals surface area (Å²) in [6, 6.07) is 11.3. The third kappa shape index (κ3) is 3.89. The minimum Gasteiger partial charge on any atom is -0.455 e. The summed E-state index contributed by atoms with van der Waals surface area (Å²) in [7, 11) is 0. The molecule has 20 heavy (non-hydrogen) atoms. The lowest BCUT2D eigenvalue weighted by Crippen LogP contribution is -2.17. The van der Waals surface area contributed by atoms with Gasteiger partial charge in [-0.1, -0.05) is 35.3 Å². The molecule has 2 aromatic rings. The van der Waals surface area contributed by atoms with E-state index in [9.17, 15) is 0 Å². The van der Waals surface area contributed by atoms with Crippen LogP contribution in [0.3, 0.4) is 0 Å². The lowest BCUT2D eigenvalue weighted by Gasteiger charge is -2.12. The molecule has 0 radical (unpaired) electrons. The smallest absolute Gasteiger partial charge is 0.147 e. The fourth-order valence-electron chi connectivity index (χ4n) is 1.81. The molecule has 2 nitrogen and oxygen atoms in total. The highest BCUT2D eigenvalue weighted by Gasteiger charge is 2.10. The summed E-state index contributed by atoms with van der Waals surface area (Å²) in [5, 5.41) is 0.870. The van der Waals surface area contributed by atoms with Gasteiger partial charge in [0.2, 0.25) is 0 Å². The number of nitrogens with two attached hydrogens (primary N) is 1. The number of ether oxygens (including phenoxy) is 1. The molecule has 0 aromatic heterocycles. The van der Waals surface area contributed by atoms with Crippen LogP contribution in [0, 0.1) is 0 Å². The van der Waals surface area contributed by atoms with E-state index < -0.39 is 0 Å². The van der Waals surface area contributed by atoms with Crippen LogP contribution in [0.2, 0.25) is 10.0 Å². The predicted molar refractivity (Wildman–Crippen MR) is 88.0 cm³/mol. The van der Waals surface area contributed by atoms with Crippen molar-refractivity contribution >= 4 is 39.1 Å². The van der Waals surface area contributed by atoms with Crippen LogP contribution in [-0.4, -0.2) is 6.04 Å². The molecule has 0 bridgehead atoms. The second kappa shape index (κ2) is 6.81. The van der Waals surface area contributed by atoms with Crippen molar-refractivity contribution in [3.05, 3.63) is 56.5 Å². The molecule has 0 aliphatic carbocycles. The number of halogens is 3. The molecule has 0 amide bonds. The standard InChI is InChI=1S/C15H14BrCl2NO/c1-9(19)7-10-5-6-13(11(16)8-10)20-14-4-2-3-12(17)15(14)18/h2-6,8-9H,7,19H2,1H3. The van der Waals surface area contributed by atoms with Crippen molar-refractivity contribution in [1.29, 1.82) is 0 Å². The first-order chi connectivity index (χ1) is 9.47. The van der Waals surface area contributed by atoms with Gasteiger partial charge in [-0.25, -0.2) is 0 Å². The van der Waals surface area contributed by atoms with E-state index in [0.29, 0.717) is 21.5 Å². The Hall–Kier alpha value is -0.740. The van der Waals surface area contributed by atoms with Crippen molar-refractivity contribution in [2.45, 2.75) is 19.4 Å². The molecule has 2 N–H and O–H groups in total. The lowest BCUT2D eigenvalue weighted by molar-refractivity contribution is 0.479. The van der Waals surface area contributed by atoms with Crippen molar-refractivity contribution in [1.82, 2.24) is 0 Å². The maximum atomic E-state index is 6.11. The Kier molecular flexibility index (Phi) is 5.33. The van der Waals surface area contributed by atoms with Gasteiger partial charge in [0.15, 0.2) is 0 Å². The summed E-state index contributed by atoms with van der Waals surface area (Å²) in [4.78, 5) is 0. The monoisotopic (exact) mass is 373 g/mol. The summed E-state index contributed by atoms with van der Waals surface area (Å²) >= 11 is 15.6. The second-order valence-electron chi connectivity index (χ2n) is 4.60. The number of rotatable bonds is 4. The molecule has 2 rings (SSSR count). The molecule has 0 aliphatic rings. The Bertz CT molecular complexity index is 617. The molecule has 0 saturated carbocycles. The summed E-state index contributed by atoms with van der Waals surface area (Å²) in [5.74, 6) is 1.21. The van der Waals surface area contributed by atoms with Crippen LogP contribution in [0.4, 0.5) is 0 Å². The van der Waals surface area contributed by atoms with Gasteiger partial charge in [-0.2, -0.15) is 0 Å². The maximum Gasteiger partial charge on any atom is 0.147 e. The Balaban J connectivity index is 2.24. The number of hydrogen-bond acceptors (Lipinski definition) is 2. The van der Waals surface area contributed by atoms with E-state index in [1.54, 1.807) is 18.2 Å². The van der Waals surface area contributed by atoms with Gasteiger partial charge in [0, 0.05) is 6.04 Å². The van der Waals surface area contributed by atoms with E-state index in [2.05, 4.69) is 15.9 Å². The summed E-state index contributed by atoms with van der Waals surface area (Å²) < 4.78 is 6.64. The quantitative estimate of drug-likeness (QED) is 0.773. The highest BCUT2D eigenvalue weighted by Crippen LogP contribution is 2.37. The zero-order chi connectivity index (χ0) is 14.7. The molecule has 0 spiro atoms. The van der Waals surface area contributed by atoms with Crippen LogP contribution in [-0.2, 0) is 6.42 Å². The minimum absolute atomic E-state index is 0.121. The highest BCUT2D eigenvalue weighted by atomic mass is 79.9. The molecule has 0 saturated heterocycles. The van der Waals surface area contributed by atoms with Crippen LogP contribution in [0.15, 0.2) is 40.9 Å². The van der Waals surface area contributed by atoms with Gasteiger partial charge in [-0.3, -0.25) is 0 Å². The molecule has 0 fully saturated rings. The fraction of sp³-hybridized carbons (Fsp3) is 0.200. The Labute approximate surface area is 137 Å². The van der Waals surface area contributed by atoms with Crippen LogP contribution in [0.1, 0.15) is 12.5 Å². The van der Waals surface area contributed by atoms with E-state index in [-0.39, 0.29) is 6.04 Å². The Morgan fingerprint density at radius 3 is 2.60 bits per heavy atom. The van der Waals surface area contributed by atoms with E-state index in [4.69, 9.17) is 33.7 Å². The molecular formula is C15H14BrCl2NO. The normalized spacial score (nSPS) is 12.2. The zero-order valence-corrected chi connectivity index (χ0v) is 14.0. The third-order valence-electron chi connectivity index (χ3n) is 2.69. The summed E-state index contributed by atoms with van der Waals surface area (Å²) in [6.45, 7) is 1.98. The first-order valence-corrected chi connectivity index (χ1v) is 7.68. The lowest BCUT2D eigenvalue weighted by atomic mass is 10.1. The molecule has 5 heteroatoms. The zero-order valence-electron chi connectivity index (χ0n) is 10.9. The minimum atomic E-state index is 0.121. The SMILES string of the molecule is CC(N)Cc1ccc(Oc2cccc(Cl)c2Cl)c(Br)c1. The van der Waals surface area contributed by atoms with Crippen LogP contribution >= 0.6 is 39.1 Å². The van der Waals surface area contributed by atoms with Crippen LogP contribution in [0.25, 0.3) is 0 Å². The Morgan fingerprint density at radius 1 is 1.20 bits per heavy atom. The van der Waals surface area contributed by atoms with Crippen molar-refractivity contribution in [2.75, 3.05) is 0 Å². The predicted octanol–water partition coefficient (Wildman–Crippen LogP) is 5.44. The largest absolute Gasteiger partial charge is 0.455 e. The number of hydrogen-bond donors (Lipinski definition) is 1. The van der Waals surface area contributed by atoms with Gasteiger partial charge in [-0.05, 0) is 59.1 Å². The first-order valence-electron chi connectivity index (χ1n) is 6.13. The van der Waals surface area contributed by atoms with Crippen molar-refractivity contribution in [2.24, 2.45) is 5.73 Å². The summed E-state index contributed by atoms with van der Waals surface area (Å²) in [5.41, 5.74) is 6.94. The van der Waals surface area contributed by atoms with Gasteiger partial charge in [0.25, 0.3) is 0 Å². The van der Waals surface area contributed by atoms with Crippen LogP contribution < -0.4 is 10.5 Å². The van der Waals surface area contributed by atoms with E-state index in [1.165, 1.54) is 0 Å².